The van der Waals surface area contributed by atoms with Crippen molar-refractivity contribution in [3.05, 3.63) is 12.2 Å². The summed E-state index contributed by atoms with van der Waals surface area (Å²) in [5.74, 6) is -0.382. The number of aliphatic hydroxyl groups excluding tert-OH is 1. The van der Waals surface area contributed by atoms with Crippen LogP contribution in [0.2, 0.25) is 0 Å². The van der Waals surface area contributed by atoms with E-state index >= 15 is 0 Å². The molecule has 9 heavy (non-hydrogen) atoms. The predicted molar refractivity (Wildman–Crippen MR) is 30.7 cm³/mol. The minimum atomic E-state index is -0.636. The fourth-order valence-corrected chi connectivity index (χ4v) is 0.626. The highest BCUT2D eigenvalue weighted by Gasteiger charge is 2.18. The Morgan fingerprint density at radius 2 is 2.44 bits per heavy atom. The van der Waals surface area contributed by atoms with Crippen LogP contribution in [0.25, 0.3) is 0 Å². The van der Waals surface area contributed by atoms with Gasteiger partial charge in [-0.15, -0.1) is 0 Å². The van der Waals surface area contributed by atoms with Crippen molar-refractivity contribution in [2.75, 3.05) is 0 Å². The molecule has 0 bridgehead atoms. The molecular formula is C6H8O3. The monoisotopic (exact) mass is 128 g/mol. The molecule has 1 aliphatic heterocycles. The zero-order valence-electron chi connectivity index (χ0n) is 5.07. The lowest BCUT2D eigenvalue weighted by Crippen LogP contribution is -2.29. The molecular weight excluding hydrogens is 120 g/mol. The molecule has 0 saturated heterocycles. The van der Waals surface area contributed by atoms with E-state index in [9.17, 15) is 4.79 Å². The molecule has 1 N–H and O–H groups in total. The summed E-state index contributed by atoms with van der Waals surface area (Å²) in [6.07, 6.45) is 1.62. The highest BCUT2D eigenvalue weighted by atomic mass is 16.6. The molecule has 0 fully saturated rings. The lowest BCUT2D eigenvalue weighted by atomic mass is 10.2. The predicted octanol–water partition coefficient (Wildman–Crippen LogP) is -0.151. The van der Waals surface area contributed by atoms with Crippen LogP contribution in [0.5, 0.6) is 0 Å². The smallest absolute Gasteiger partial charge is 0.330 e. The molecule has 0 aromatic rings. The Bertz CT molecular complexity index is 150. The van der Waals surface area contributed by atoms with Gasteiger partial charge in [0.25, 0.3) is 0 Å². The van der Waals surface area contributed by atoms with Gasteiger partial charge in [0, 0.05) is 6.08 Å². The van der Waals surface area contributed by atoms with Crippen molar-refractivity contribution in [3.63, 3.8) is 0 Å². The number of rotatable bonds is 0. The van der Waals surface area contributed by atoms with E-state index < -0.39 is 12.2 Å². The zero-order valence-corrected chi connectivity index (χ0v) is 5.07. The van der Waals surface area contributed by atoms with E-state index in [4.69, 9.17) is 5.11 Å². The van der Waals surface area contributed by atoms with Crippen molar-refractivity contribution in [2.24, 2.45) is 0 Å². The van der Waals surface area contributed by atoms with Crippen LogP contribution in [0.4, 0.5) is 0 Å². The third-order valence-electron chi connectivity index (χ3n) is 1.21. The molecule has 0 saturated carbocycles. The largest absolute Gasteiger partial charge is 0.456 e. The first-order valence-corrected chi connectivity index (χ1v) is 2.77. The van der Waals surface area contributed by atoms with Crippen LogP contribution < -0.4 is 0 Å². The first-order valence-electron chi connectivity index (χ1n) is 2.77. The van der Waals surface area contributed by atoms with E-state index in [1.165, 1.54) is 12.2 Å². The molecule has 50 valence electrons. The second-order valence-electron chi connectivity index (χ2n) is 1.99. The van der Waals surface area contributed by atoms with Gasteiger partial charge in [-0.25, -0.2) is 4.79 Å². The van der Waals surface area contributed by atoms with Gasteiger partial charge in [0.1, 0.15) is 12.2 Å². The van der Waals surface area contributed by atoms with Crippen LogP contribution >= 0.6 is 0 Å². The summed E-state index contributed by atoms with van der Waals surface area (Å²) in [6.45, 7) is 1.64. The Kier molecular flexibility index (Phi) is 1.53. The van der Waals surface area contributed by atoms with Gasteiger partial charge in [0.15, 0.2) is 0 Å². The Balaban J connectivity index is 2.65. The topological polar surface area (TPSA) is 46.5 Å². The molecule has 0 radical (unpaired) electrons. The van der Waals surface area contributed by atoms with E-state index in [-0.39, 0.29) is 5.97 Å². The van der Waals surface area contributed by atoms with Gasteiger partial charge in [0.2, 0.25) is 0 Å². The number of esters is 1. The normalized spacial score (nSPS) is 34.2. The summed E-state index contributed by atoms with van der Waals surface area (Å²) in [5, 5.41) is 8.93. The maximum atomic E-state index is 10.4. The van der Waals surface area contributed by atoms with E-state index in [0.717, 1.165) is 0 Å². The van der Waals surface area contributed by atoms with Crippen molar-refractivity contribution in [2.45, 2.75) is 19.1 Å². The molecule has 0 aliphatic carbocycles. The van der Waals surface area contributed by atoms with Gasteiger partial charge in [-0.05, 0) is 13.0 Å². The fourth-order valence-electron chi connectivity index (χ4n) is 0.626. The summed E-state index contributed by atoms with van der Waals surface area (Å²) < 4.78 is 4.62. The van der Waals surface area contributed by atoms with E-state index in [0.29, 0.717) is 0 Å². The highest BCUT2D eigenvalue weighted by molar-refractivity contribution is 5.83. The number of carbonyl (C=O) groups excluding carboxylic acids is 1. The van der Waals surface area contributed by atoms with Crippen LogP contribution in [0.1, 0.15) is 6.92 Å². The first kappa shape index (κ1) is 6.29. The SMILES string of the molecule is C[C@H]1OC(=O)C=C[C@@H]1O. The number of hydrogen-bond donors (Lipinski definition) is 1. The second-order valence-corrected chi connectivity index (χ2v) is 1.99. The minimum Gasteiger partial charge on any atom is -0.456 e. The van der Waals surface area contributed by atoms with Crippen LogP contribution in [-0.4, -0.2) is 23.3 Å². The Hall–Kier alpha value is -0.830. The van der Waals surface area contributed by atoms with Gasteiger partial charge >= 0.3 is 5.97 Å². The molecule has 3 nitrogen and oxygen atoms in total. The summed E-state index contributed by atoms with van der Waals surface area (Å²) in [6, 6.07) is 0. The maximum absolute atomic E-state index is 10.4. The lowest BCUT2D eigenvalue weighted by Gasteiger charge is -2.18. The van der Waals surface area contributed by atoms with Crippen molar-refractivity contribution < 1.29 is 14.6 Å². The van der Waals surface area contributed by atoms with Gasteiger partial charge in [0.05, 0.1) is 0 Å². The van der Waals surface area contributed by atoms with E-state index in [1.807, 2.05) is 0 Å². The van der Waals surface area contributed by atoms with Gasteiger partial charge < -0.3 is 9.84 Å². The summed E-state index contributed by atoms with van der Waals surface area (Å²) in [4.78, 5) is 10.4. The molecule has 0 aromatic carbocycles. The molecule has 0 spiro atoms. The quantitative estimate of drug-likeness (QED) is 0.461. The highest BCUT2D eigenvalue weighted by Crippen LogP contribution is 2.06. The lowest BCUT2D eigenvalue weighted by molar-refractivity contribution is -0.148. The molecule has 0 aromatic heterocycles. The third-order valence-corrected chi connectivity index (χ3v) is 1.21. The van der Waals surface area contributed by atoms with Crippen LogP contribution in [-0.2, 0) is 9.53 Å². The molecule has 0 amide bonds. The molecule has 1 aliphatic rings. The van der Waals surface area contributed by atoms with Crippen molar-refractivity contribution in [3.8, 4) is 0 Å². The van der Waals surface area contributed by atoms with Crippen LogP contribution in [0.3, 0.4) is 0 Å². The first-order chi connectivity index (χ1) is 4.20. The maximum Gasteiger partial charge on any atom is 0.330 e. The van der Waals surface area contributed by atoms with E-state index in [1.54, 1.807) is 6.92 Å². The Morgan fingerprint density at radius 3 is 2.89 bits per heavy atom. The molecule has 3 heteroatoms. The Morgan fingerprint density at radius 1 is 1.78 bits per heavy atom. The molecule has 1 rings (SSSR count). The van der Waals surface area contributed by atoms with Gasteiger partial charge in [-0.1, -0.05) is 0 Å². The van der Waals surface area contributed by atoms with Crippen molar-refractivity contribution >= 4 is 5.97 Å². The number of hydrogen-bond acceptors (Lipinski definition) is 3. The Labute approximate surface area is 52.9 Å². The average molecular weight is 128 g/mol. The van der Waals surface area contributed by atoms with Gasteiger partial charge in [-0.2, -0.15) is 0 Å². The third kappa shape index (κ3) is 1.29. The number of ether oxygens (including phenoxy) is 1. The number of aliphatic hydroxyl groups is 1. The molecule has 1 heterocycles. The fraction of sp³-hybridized carbons (Fsp3) is 0.500. The van der Waals surface area contributed by atoms with Crippen molar-refractivity contribution in [1.82, 2.24) is 0 Å². The van der Waals surface area contributed by atoms with Crippen LogP contribution in [0, 0.1) is 0 Å². The summed E-state index contributed by atoms with van der Waals surface area (Å²) in [5.41, 5.74) is 0. The van der Waals surface area contributed by atoms with Crippen LogP contribution in [0.15, 0.2) is 12.2 Å². The molecule has 2 atom stereocenters. The zero-order chi connectivity index (χ0) is 6.85. The van der Waals surface area contributed by atoms with Crippen molar-refractivity contribution in [1.29, 1.82) is 0 Å². The summed E-state index contributed by atoms with van der Waals surface area (Å²) in [7, 11) is 0. The standard InChI is InChI=1S/C6H8O3/c1-4-5(7)2-3-6(8)9-4/h2-5,7H,1H3/t4-,5+/m1/s1. The van der Waals surface area contributed by atoms with E-state index in [2.05, 4.69) is 4.74 Å². The van der Waals surface area contributed by atoms with Gasteiger partial charge in [-0.3, -0.25) is 0 Å². The minimum absolute atomic E-state index is 0.382. The summed E-state index contributed by atoms with van der Waals surface area (Å²) >= 11 is 0. The number of carbonyl (C=O) groups is 1. The number of cyclic esters (lactones) is 1. The second kappa shape index (κ2) is 2.19. The molecule has 0 unspecified atom stereocenters. The average Bonchev–Trinajstić information content (AvgIpc) is 1.80.